The van der Waals surface area contributed by atoms with Crippen LogP contribution in [0.15, 0.2) is 36.4 Å². The topological polar surface area (TPSA) is 101 Å². The number of carbonyl (C=O) groups excluding carboxylic acids is 1. The van der Waals surface area contributed by atoms with Crippen LogP contribution < -0.4 is 14.8 Å². The largest absolute Gasteiger partial charge is 0.489 e. The summed E-state index contributed by atoms with van der Waals surface area (Å²) in [6, 6.07) is 9.12. The number of rotatable bonds is 10. The quantitative estimate of drug-likeness (QED) is 0.501. The number of ether oxygens (including phenoxy) is 2. The number of halogens is 3. The van der Waals surface area contributed by atoms with Crippen molar-refractivity contribution in [2.45, 2.75) is 44.4 Å². The molecular formula is C24H28ClF2N3O5. The summed E-state index contributed by atoms with van der Waals surface area (Å²) in [5.41, 5.74) is 1.64. The number of nitrogens with zero attached hydrogens (tertiary/aromatic N) is 2. The number of alkyl halides is 2. The maximum atomic E-state index is 12.8. The summed E-state index contributed by atoms with van der Waals surface area (Å²) in [5, 5.41) is 12.3. The van der Waals surface area contributed by atoms with Crippen LogP contribution in [0.3, 0.4) is 0 Å². The van der Waals surface area contributed by atoms with Gasteiger partial charge in [-0.3, -0.25) is 14.5 Å². The number of amides is 1. The molecule has 1 aromatic carbocycles. The second-order valence-corrected chi connectivity index (χ2v) is 8.65. The molecule has 2 atom stereocenters. The fourth-order valence-electron chi connectivity index (χ4n) is 4.18. The van der Waals surface area contributed by atoms with E-state index in [1.54, 1.807) is 35.2 Å². The highest BCUT2D eigenvalue weighted by Gasteiger charge is 2.38. The second-order valence-electron chi connectivity index (χ2n) is 8.65. The van der Waals surface area contributed by atoms with Gasteiger partial charge < -0.3 is 19.9 Å². The molecule has 2 fully saturated rings. The minimum absolute atomic E-state index is 0. The highest BCUT2D eigenvalue weighted by molar-refractivity contribution is 5.92. The first-order valence-corrected chi connectivity index (χ1v) is 11.2. The van der Waals surface area contributed by atoms with Crippen molar-refractivity contribution in [3.63, 3.8) is 0 Å². The molecule has 1 aliphatic carbocycles. The van der Waals surface area contributed by atoms with Gasteiger partial charge in [-0.1, -0.05) is 12.1 Å². The third-order valence-corrected chi connectivity index (χ3v) is 6.15. The zero-order valence-electron chi connectivity index (χ0n) is 19.2. The number of hydrogen-bond donors (Lipinski definition) is 2. The van der Waals surface area contributed by atoms with Crippen LogP contribution >= 0.6 is 12.4 Å². The first kappa shape index (κ1) is 26.6. The van der Waals surface area contributed by atoms with Crippen LogP contribution in [-0.2, 0) is 11.3 Å². The maximum absolute atomic E-state index is 12.8. The van der Waals surface area contributed by atoms with Gasteiger partial charge in [0.25, 0.3) is 5.91 Å². The lowest BCUT2D eigenvalue weighted by atomic mass is 9.96. The normalized spacial score (nSPS) is 19.8. The van der Waals surface area contributed by atoms with E-state index in [4.69, 9.17) is 4.74 Å². The number of nitrogens with one attached hydrogen (secondary N) is 1. The number of benzene rings is 1. The van der Waals surface area contributed by atoms with E-state index in [9.17, 15) is 23.5 Å². The standard InChI is InChI=1S/C24H27F2N3O5.ClH/c1-27-22(30)18-4-2-3-17(28-18)12-29-11-16(9-19(29)23(31)32)15-7-8-20(34-24(25)26)21(10-15)33-13-14-5-6-14;/h2-4,7-8,10,14,16,19,24H,5-6,9,11-13H2,1H3,(H,27,30)(H,31,32);1H/t16-,19-;/m1./s1. The van der Waals surface area contributed by atoms with Crippen LogP contribution in [0, 0.1) is 5.92 Å². The lowest BCUT2D eigenvalue weighted by molar-refractivity contribution is -0.142. The summed E-state index contributed by atoms with van der Waals surface area (Å²) >= 11 is 0. The molecule has 2 heterocycles. The van der Waals surface area contributed by atoms with Gasteiger partial charge in [-0.15, -0.1) is 12.4 Å². The molecule has 2 N–H and O–H groups in total. The molecule has 35 heavy (non-hydrogen) atoms. The molecule has 11 heteroatoms. The van der Waals surface area contributed by atoms with Crippen molar-refractivity contribution < 1.29 is 33.0 Å². The molecule has 1 aliphatic heterocycles. The maximum Gasteiger partial charge on any atom is 0.387 e. The molecule has 8 nitrogen and oxygen atoms in total. The molecule has 0 unspecified atom stereocenters. The molecule has 2 aliphatic rings. The summed E-state index contributed by atoms with van der Waals surface area (Å²) in [7, 11) is 1.52. The van der Waals surface area contributed by atoms with Gasteiger partial charge in [-0.05, 0) is 60.9 Å². The molecule has 1 saturated carbocycles. The van der Waals surface area contributed by atoms with Crippen LogP contribution in [0.5, 0.6) is 11.5 Å². The van der Waals surface area contributed by atoms with Crippen molar-refractivity contribution in [3.8, 4) is 11.5 Å². The zero-order chi connectivity index (χ0) is 24.2. The van der Waals surface area contributed by atoms with Gasteiger partial charge in [-0.2, -0.15) is 8.78 Å². The number of carboxylic acid groups (broad SMARTS) is 1. The van der Waals surface area contributed by atoms with Crippen LogP contribution in [0.1, 0.15) is 46.9 Å². The third kappa shape index (κ3) is 6.79. The van der Waals surface area contributed by atoms with E-state index < -0.39 is 18.6 Å². The zero-order valence-corrected chi connectivity index (χ0v) is 20.0. The number of carbonyl (C=O) groups is 2. The van der Waals surface area contributed by atoms with Crippen LogP contribution in [0.4, 0.5) is 8.78 Å². The van der Waals surface area contributed by atoms with Gasteiger partial charge in [0, 0.05) is 20.1 Å². The molecule has 0 spiro atoms. The Hall–Kier alpha value is -2.98. The molecule has 0 radical (unpaired) electrons. The Morgan fingerprint density at radius 1 is 1.23 bits per heavy atom. The van der Waals surface area contributed by atoms with Gasteiger partial charge in [0.05, 0.1) is 12.3 Å². The smallest absolute Gasteiger partial charge is 0.387 e. The fourth-order valence-corrected chi connectivity index (χ4v) is 4.18. The van der Waals surface area contributed by atoms with Crippen LogP contribution in [0.25, 0.3) is 0 Å². The lowest BCUT2D eigenvalue weighted by Gasteiger charge is -2.21. The monoisotopic (exact) mass is 511 g/mol. The number of aromatic nitrogens is 1. The molecule has 4 rings (SSSR count). The predicted octanol–water partition coefficient (Wildman–Crippen LogP) is 3.70. The minimum Gasteiger partial charge on any atom is -0.489 e. The SMILES string of the molecule is CNC(=O)c1cccc(CN2C[C@H](c3ccc(OC(F)F)c(OCC4CC4)c3)C[C@@H]2C(=O)O)n1.Cl. The third-order valence-electron chi connectivity index (χ3n) is 6.15. The van der Waals surface area contributed by atoms with Crippen molar-refractivity contribution in [2.24, 2.45) is 5.92 Å². The number of pyridine rings is 1. The summed E-state index contributed by atoms with van der Waals surface area (Å²) in [5.74, 6) is -0.769. The van der Waals surface area contributed by atoms with E-state index in [0.29, 0.717) is 31.2 Å². The lowest BCUT2D eigenvalue weighted by Crippen LogP contribution is -2.35. The van der Waals surface area contributed by atoms with Gasteiger partial charge >= 0.3 is 12.6 Å². The Labute approximate surface area is 208 Å². The summed E-state index contributed by atoms with van der Waals surface area (Å²) in [6.45, 7) is -1.84. The van der Waals surface area contributed by atoms with Crippen molar-refractivity contribution in [1.29, 1.82) is 0 Å². The average Bonchev–Trinajstić information content (AvgIpc) is 3.55. The Bertz CT molecular complexity index is 1050. The molecule has 0 bridgehead atoms. The summed E-state index contributed by atoms with van der Waals surface area (Å²) in [4.78, 5) is 30.0. The number of carboxylic acids is 1. The van der Waals surface area contributed by atoms with Crippen LogP contribution in [0.2, 0.25) is 0 Å². The first-order chi connectivity index (χ1) is 16.3. The Morgan fingerprint density at radius 2 is 2.00 bits per heavy atom. The van der Waals surface area contributed by atoms with E-state index in [0.717, 1.165) is 18.4 Å². The van der Waals surface area contributed by atoms with E-state index in [1.807, 2.05) is 0 Å². The van der Waals surface area contributed by atoms with Gasteiger partial charge in [-0.25, -0.2) is 4.98 Å². The van der Waals surface area contributed by atoms with E-state index >= 15 is 0 Å². The predicted molar refractivity (Wildman–Crippen MR) is 125 cm³/mol. The second kappa shape index (κ2) is 11.6. The minimum atomic E-state index is -2.97. The summed E-state index contributed by atoms with van der Waals surface area (Å²) < 4.78 is 36.0. The van der Waals surface area contributed by atoms with E-state index in [2.05, 4.69) is 15.0 Å². The first-order valence-electron chi connectivity index (χ1n) is 11.2. The molecule has 2 aromatic rings. The van der Waals surface area contributed by atoms with Gasteiger partial charge in [0.15, 0.2) is 11.5 Å². The van der Waals surface area contributed by atoms with Gasteiger partial charge in [0.1, 0.15) is 11.7 Å². The van der Waals surface area contributed by atoms with E-state index in [1.165, 1.54) is 13.1 Å². The molecule has 1 aromatic heterocycles. The van der Waals surface area contributed by atoms with Gasteiger partial charge in [0.2, 0.25) is 0 Å². The number of aliphatic carboxylic acids is 1. The fraction of sp³-hybridized carbons (Fsp3) is 0.458. The Balaban J connectivity index is 0.00000342. The molecule has 1 amide bonds. The average molecular weight is 512 g/mol. The molecule has 1 saturated heterocycles. The van der Waals surface area contributed by atoms with Crippen molar-refractivity contribution in [1.82, 2.24) is 15.2 Å². The van der Waals surface area contributed by atoms with Crippen molar-refractivity contribution in [3.05, 3.63) is 53.3 Å². The summed E-state index contributed by atoms with van der Waals surface area (Å²) in [6.07, 6.45) is 2.46. The Morgan fingerprint density at radius 3 is 2.66 bits per heavy atom. The highest BCUT2D eigenvalue weighted by atomic mass is 35.5. The van der Waals surface area contributed by atoms with Crippen molar-refractivity contribution in [2.75, 3.05) is 20.2 Å². The Kier molecular flexibility index (Phi) is 8.85. The van der Waals surface area contributed by atoms with E-state index in [-0.39, 0.29) is 48.0 Å². The molecular weight excluding hydrogens is 484 g/mol. The van der Waals surface area contributed by atoms with Crippen LogP contribution in [-0.4, -0.2) is 59.7 Å². The number of hydrogen-bond acceptors (Lipinski definition) is 6. The number of likely N-dealkylation sites (tertiary alicyclic amines) is 1. The molecule has 190 valence electrons. The highest BCUT2D eigenvalue weighted by Crippen LogP contribution is 2.39. The van der Waals surface area contributed by atoms with Crippen molar-refractivity contribution >= 4 is 24.3 Å².